The molecule has 0 aliphatic carbocycles. The van der Waals surface area contributed by atoms with E-state index in [9.17, 15) is 26.4 Å². The standard InChI is InChI=1S/C17H32F3NO4S/c1-8-14(3,4)12-16(7,15(5,6)9-2)13(22)25-11-10-21-26(23,24)17(18,19)20/h21H,8-12H2,1-7H3. The molecule has 0 rings (SSSR count). The van der Waals surface area contributed by atoms with Crippen LogP contribution in [-0.2, 0) is 19.6 Å². The van der Waals surface area contributed by atoms with E-state index >= 15 is 0 Å². The number of hydrogen-bond donors (Lipinski definition) is 1. The molecule has 0 heterocycles. The van der Waals surface area contributed by atoms with Crippen molar-refractivity contribution in [2.75, 3.05) is 13.2 Å². The Balaban J connectivity index is 5.13. The lowest BCUT2D eigenvalue weighted by molar-refractivity contribution is -0.166. The van der Waals surface area contributed by atoms with Crippen LogP contribution in [0.1, 0.15) is 67.7 Å². The second-order valence-electron chi connectivity index (χ2n) is 8.24. The predicted molar refractivity (Wildman–Crippen MR) is 94.8 cm³/mol. The Morgan fingerprint density at radius 2 is 1.50 bits per heavy atom. The van der Waals surface area contributed by atoms with Gasteiger partial charge >= 0.3 is 21.5 Å². The van der Waals surface area contributed by atoms with Gasteiger partial charge in [0.25, 0.3) is 0 Å². The van der Waals surface area contributed by atoms with Gasteiger partial charge < -0.3 is 4.74 Å². The molecular weight excluding hydrogens is 371 g/mol. The second-order valence-corrected chi connectivity index (χ2v) is 10.0. The van der Waals surface area contributed by atoms with Gasteiger partial charge in [-0.3, -0.25) is 4.79 Å². The van der Waals surface area contributed by atoms with E-state index in [4.69, 9.17) is 4.74 Å². The predicted octanol–water partition coefficient (Wildman–Crippen LogP) is 4.24. The van der Waals surface area contributed by atoms with E-state index in [0.29, 0.717) is 12.8 Å². The summed E-state index contributed by atoms with van der Waals surface area (Å²) in [7, 11) is -5.44. The molecule has 0 bridgehead atoms. The molecule has 0 amide bonds. The minimum atomic E-state index is -5.44. The minimum Gasteiger partial charge on any atom is -0.464 e. The molecule has 0 fully saturated rings. The van der Waals surface area contributed by atoms with Gasteiger partial charge in [0.2, 0.25) is 0 Å². The zero-order chi connectivity index (χ0) is 21.0. The van der Waals surface area contributed by atoms with E-state index in [1.54, 1.807) is 6.92 Å². The highest BCUT2D eigenvalue weighted by Gasteiger charge is 2.50. The van der Waals surface area contributed by atoms with Crippen LogP contribution in [0.5, 0.6) is 0 Å². The molecule has 9 heteroatoms. The van der Waals surface area contributed by atoms with E-state index in [1.807, 2.05) is 41.5 Å². The molecule has 1 atom stereocenters. The zero-order valence-corrected chi connectivity index (χ0v) is 17.5. The van der Waals surface area contributed by atoms with E-state index in [0.717, 1.165) is 6.42 Å². The van der Waals surface area contributed by atoms with Crippen molar-refractivity contribution in [3.05, 3.63) is 0 Å². The molecule has 0 saturated carbocycles. The fourth-order valence-corrected chi connectivity index (χ4v) is 3.14. The Morgan fingerprint density at radius 1 is 1.00 bits per heavy atom. The number of sulfonamides is 1. The number of rotatable bonds is 10. The first-order valence-electron chi connectivity index (χ1n) is 8.69. The number of nitrogens with one attached hydrogen (secondary N) is 1. The van der Waals surface area contributed by atoms with Crippen molar-refractivity contribution >= 4 is 16.0 Å². The van der Waals surface area contributed by atoms with Gasteiger partial charge in [-0.05, 0) is 30.6 Å². The fourth-order valence-electron chi connectivity index (χ4n) is 2.62. The summed E-state index contributed by atoms with van der Waals surface area (Å²) in [6, 6.07) is 0. The summed E-state index contributed by atoms with van der Waals surface area (Å²) >= 11 is 0. The highest BCUT2D eigenvalue weighted by Crippen LogP contribution is 2.50. The van der Waals surface area contributed by atoms with Crippen molar-refractivity contribution in [3.8, 4) is 0 Å². The van der Waals surface area contributed by atoms with Crippen LogP contribution in [0.3, 0.4) is 0 Å². The Hall–Kier alpha value is -0.830. The lowest BCUT2D eigenvalue weighted by Crippen LogP contribution is -2.46. The number of esters is 1. The average molecular weight is 404 g/mol. The maximum atomic E-state index is 12.8. The fraction of sp³-hybridized carbons (Fsp3) is 0.941. The highest BCUT2D eigenvalue weighted by molar-refractivity contribution is 7.90. The Bertz CT molecular complexity index is 585. The molecule has 1 N–H and O–H groups in total. The van der Waals surface area contributed by atoms with Crippen molar-refractivity contribution < 1.29 is 31.1 Å². The Kier molecular flexibility index (Phi) is 8.19. The lowest BCUT2D eigenvalue weighted by atomic mass is 9.58. The van der Waals surface area contributed by atoms with Gasteiger partial charge in [-0.1, -0.05) is 48.0 Å². The minimum absolute atomic E-state index is 0.127. The molecule has 0 aromatic heterocycles. The van der Waals surface area contributed by atoms with Crippen molar-refractivity contribution in [3.63, 3.8) is 0 Å². The first-order chi connectivity index (χ1) is 11.5. The molecule has 0 aliphatic heterocycles. The van der Waals surface area contributed by atoms with Crippen LogP contribution < -0.4 is 4.72 Å². The Labute approximate surface area is 155 Å². The SMILES string of the molecule is CCC(C)(C)CC(C)(C(=O)OCCNS(=O)(=O)C(F)(F)F)C(C)(C)CC. The van der Waals surface area contributed by atoms with E-state index in [-0.39, 0.29) is 5.41 Å². The number of carbonyl (C=O) groups excluding carboxylic acids is 1. The molecule has 0 spiro atoms. The third-order valence-corrected chi connectivity index (χ3v) is 6.74. The van der Waals surface area contributed by atoms with Gasteiger partial charge in [0.1, 0.15) is 6.61 Å². The molecule has 0 aromatic carbocycles. The summed E-state index contributed by atoms with van der Waals surface area (Å²) in [6.45, 7) is 12.7. The number of halogens is 3. The molecule has 0 radical (unpaired) electrons. The van der Waals surface area contributed by atoms with E-state index in [2.05, 4.69) is 0 Å². The van der Waals surface area contributed by atoms with Crippen LogP contribution >= 0.6 is 0 Å². The van der Waals surface area contributed by atoms with E-state index < -0.39 is 45.5 Å². The van der Waals surface area contributed by atoms with Gasteiger partial charge in [0, 0.05) is 6.54 Å². The third-order valence-electron chi connectivity index (χ3n) is 5.55. The lowest BCUT2D eigenvalue weighted by Gasteiger charge is -2.45. The van der Waals surface area contributed by atoms with Gasteiger partial charge in [0.15, 0.2) is 0 Å². The smallest absolute Gasteiger partial charge is 0.464 e. The Morgan fingerprint density at radius 3 is 1.88 bits per heavy atom. The third kappa shape index (κ3) is 6.11. The number of ether oxygens (including phenoxy) is 1. The van der Waals surface area contributed by atoms with E-state index in [1.165, 1.54) is 4.72 Å². The number of carbonyl (C=O) groups is 1. The van der Waals surface area contributed by atoms with Crippen molar-refractivity contribution in [2.24, 2.45) is 16.2 Å². The van der Waals surface area contributed by atoms with Crippen molar-refractivity contribution in [1.82, 2.24) is 4.72 Å². The summed E-state index contributed by atoms with van der Waals surface area (Å²) in [6.07, 6.45) is 2.10. The molecule has 0 aliphatic rings. The summed E-state index contributed by atoms with van der Waals surface area (Å²) < 4.78 is 65.3. The topological polar surface area (TPSA) is 72.5 Å². The maximum absolute atomic E-state index is 12.8. The average Bonchev–Trinajstić information content (AvgIpc) is 2.49. The number of alkyl halides is 3. The second kappa shape index (κ2) is 8.46. The van der Waals surface area contributed by atoms with Crippen LogP contribution in [0, 0.1) is 16.2 Å². The van der Waals surface area contributed by atoms with Gasteiger partial charge in [0.05, 0.1) is 5.41 Å². The maximum Gasteiger partial charge on any atom is 0.511 e. The van der Waals surface area contributed by atoms with Crippen LogP contribution in [-0.4, -0.2) is 33.0 Å². The molecule has 156 valence electrons. The summed E-state index contributed by atoms with van der Waals surface area (Å²) in [5, 5.41) is 0. The van der Waals surface area contributed by atoms with Crippen molar-refractivity contribution in [2.45, 2.75) is 73.2 Å². The quantitative estimate of drug-likeness (QED) is 0.437. The highest BCUT2D eigenvalue weighted by atomic mass is 32.2. The van der Waals surface area contributed by atoms with Crippen LogP contribution in [0.25, 0.3) is 0 Å². The number of hydrogen-bond acceptors (Lipinski definition) is 4. The van der Waals surface area contributed by atoms with Gasteiger partial charge in [-0.25, -0.2) is 13.1 Å². The van der Waals surface area contributed by atoms with Crippen LogP contribution in [0.15, 0.2) is 0 Å². The normalized spacial score (nSPS) is 16.2. The molecule has 1 unspecified atom stereocenters. The molecule has 26 heavy (non-hydrogen) atoms. The monoisotopic (exact) mass is 403 g/mol. The van der Waals surface area contributed by atoms with Crippen LogP contribution in [0.4, 0.5) is 13.2 Å². The largest absolute Gasteiger partial charge is 0.511 e. The van der Waals surface area contributed by atoms with Crippen molar-refractivity contribution in [1.29, 1.82) is 0 Å². The summed E-state index contributed by atoms with van der Waals surface area (Å²) in [5.41, 5.74) is -6.77. The first-order valence-corrected chi connectivity index (χ1v) is 10.2. The summed E-state index contributed by atoms with van der Waals surface area (Å²) in [5.74, 6) is -0.530. The molecule has 5 nitrogen and oxygen atoms in total. The molecular formula is C17H32F3NO4S. The molecule has 0 aromatic rings. The van der Waals surface area contributed by atoms with Gasteiger partial charge in [-0.2, -0.15) is 13.2 Å². The molecule has 0 saturated heterocycles. The summed E-state index contributed by atoms with van der Waals surface area (Å²) in [4.78, 5) is 12.8. The first kappa shape index (κ1) is 25.2. The van der Waals surface area contributed by atoms with Crippen LogP contribution in [0.2, 0.25) is 0 Å². The van der Waals surface area contributed by atoms with Gasteiger partial charge in [-0.15, -0.1) is 0 Å². The zero-order valence-electron chi connectivity index (χ0n) is 16.7.